The Morgan fingerprint density at radius 1 is 1.03 bits per heavy atom. The Bertz CT molecular complexity index is 1080. The normalized spacial score (nSPS) is 15.8. The molecule has 5 nitrogen and oxygen atoms in total. The molecule has 1 aliphatic heterocycles. The minimum absolute atomic E-state index is 0.231. The van der Waals surface area contributed by atoms with Gasteiger partial charge in [-0.15, -0.1) is 0 Å². The summed E-state index contributed by atoms with van der Waals surface area (Å²) in [5.41, 5.74) is 4.38. The zero-order valence-electron chi connectivity index (χ0n) is 17.4. The predicted octanol–water partition coefficient (Wildman–Crippen LogP) is 3.45. The van der Waals surface area contributed by atoms with Gasteiger partial charge in [0.1, 0.15) is 11.3 Å². The van der Waals surface area contributed by atoms with Gasteiger partial charge in [-0.1, -0.05) is 30.3 Å². The fraction of sp³-hybridized carbons (Fsp3) is 0.375. The number of hydrogen-bond donors (Lipinski definition) is 1. The molecule has 1 fully saturated rings. The van der Waals surface area contributed by atoms with Crippen molar-refractivity contribution in [2.45, 2.75) is 26.8 Å². The predicted molar refractivity (Wildman–Crippen MR) is 116 cm³/mol. The molecular formula is C24H28N2O3. The molecule has 0 amide bonds. The van der Waals surface area contributed by atoms with Crippen molar-refractivity contribution in [1.29, 1.82) is 0 Å². The van der Waals surface area contributed by atoms with Gasteiger partial charge < -0.3 is 14.4 Å². The van der Waals surface area contributed by atoms with Crippen molar-refractivity contribution in [2.75, 3.05) is 33.2 Å². The summed E-state index contributed by atoms with van der Waals surface area (Å²) < 4.78 is 5.68. The fourth-order valence-electron chi connectivity index (χ4n) is 4.11. The minimum atomic E-state index is -0.326. The molecule has 29 heavy (non-hydrogen) atoms. The van der Waals surface area contributed by atoms with Gasteiger partial charge in [0, 0.05) is 61.2 Å². The van der Waals surface area contributed by atoms with E-state index in [4.69, 9.17) is 4.42 Å². The van der Waals surface area contributed by atoms with E-state index in [1.165, 1.54) is 0 Å². The number of rotatable bonds is 4. The van der Waals surface area contributed by atoms with E-state index < -0.39 is 0 Å². The second-order valence-corrected chi connectivity index (χ2v) is 8.12. The maximum atomic E-state index is 12.7. The number of aryl methyl sites for hydroxylation is 2. The van der Waals surface area contributed by atoms with E-state index in [1.54, 1.807) is 0 Å². The first-order valence-electron chi connectivity index (χ1n) is 10.2. The molecule has 0 saturated carbocycles. The summed E-state index contributed by atoms with van der Waals surface area (Å²) in [6.07, 6.45) is 0.540. The summed E-state index contributed by atoms with van der Waals surface area (Å²) in [5.74, 6) is 0.231. The highest BCUT2D eigenvalue weighted by atomic mass is 16.4. The largest absolute Gasteiger partial charge is 0.507 e. The van der Waals surface area contributed by atoms with Crippen LogP contribution in [0.5, 0.6) is 5.75 Å². The standard InChI is InChI=1S/C24H28N2O3/c1-16-20-14-19(15-26-11-9-25(3)10-12-26)22(27)17(2)23(20)29-24(28)21(16)13-18-7-5-4-6-8-18/h4-8,14,27H,9-13,15H2,1-3H3. The maximum Gasteiger partial charge on any atom is 0.340 e. The van der Waals surface area contributed by atoms with Gasteiger partial charge in [0.25, 0.3) is 0 Å². The molecule has 1 saturated heterocycles. The summed E-state index contributed by atoms with van der Waals surface area (Å²) in [6.45, 7) is 8.52. The van der Waals surface area contributed by atoms with Gasteiger partial charge >= 0.3 is 5.63 Å². The lowest BCUT2D eigenvalue weighted by Crippen LogP contribution is -2.43. The zero-order chi connectivity index (χ0) is 20.5. The zero-order valence-corrected chi connectivity index (χ0v) is 17.4. The molecule has 3 aromatic rings. The first-order valence-corrected chi connectivity index (χ1v) is 10.2. The van der Waals surface area contributed by atoms with E-state index in [1.807, 2.05) is 50.2 Å². The lowest BCUT2D eigenvalue weighted by molar-refractivity contribution is 0.147. The van der Waals surface area contributed by atoms with E-state index in [9.17, 15) is 9.90 Å². The summed E-state index contributed by atoms with van der Waals surface area (Å²) >= 11 is 0. The SMILES string of the molecule is Cc1c(Cc2ccccc2)c(=O)oc2c(C)c(O)c(CN3CCN(C)CC3)cc12. The second kappa shape index (κ2) is 8.01. The van der Waals surface area contributed by atoms with Crippen LogP contribution in [0.25, 0.3) is 11.0 Å². The topological polar surface area (TPSA) is 56.9 Å². The third kappa shape index (κ3) is 3.93. The number of nitrogens with zero attached hydrogens (tertiary/aromatic N) is 2. The van der Waals surface area contributed by atoms with Crippen LogP contribution in [-0.4, -0.2) is 48.1 Å². The van der Waals surface area contributed by atoms with Crippen molar-refractivity contribution in [3.63, 3.8) is 0 Å². The van der Waals surface area contributed by atoms with Gasteiger partial charge in [0.05, 0.1) is 0 Å². The number of phenolic OH excluding ortho intramolecular Hbond substituents is 1. The van der Waals surface area contributed by atoms with Crippen molar-refractivity contribution >= 4 is 11.0 Å². The van der Waals surface area contributed by atoms with Crippen molar-refractivity contribution in [2.24, 2.45) is 0 Å². The number of phenols is 1. The Balaban J connectivity index is 1.75. The Morgan fingerprint density at radius 2 is 1.72 bits per heavy atom. The summed E-state index contributed by atoms with van der Waals surface area (Å²) in [6, 6.07) is 12.0. The van der Waals surface area contributed by atoms with Gasteiger partial charge in [-0.2, -0.15) is 0 Å². The van der Waals surface area contributed by atoms with Gasteiger partial charge in [-0.25, -0.2) is 4.79 Å². The van der Waals surface area contributed by atoms with Gasteiger partial charge in [0.2, 0.25) is 0 Å². The molecule has 4 rings (SSSR count). The Kier molecular flexibility index (Phi) is 5.43. The van der Waals surface area contributed by atoms with Crippen LogP contribution in [0, 0.1) is 13.8 Å². The van der Waals surface area contributed by atoms with Crippen molar-refractivity contribution in [1.82, 2.24) is 9.80 Å². The molecule has 1 N–H and O–H groups in total. The maximum absolute atomic E-state index is 12.7. The molecule has 0 bridgehead atoms. The highest BCUT2D eigenvalue weighted by Gasteiger charge is 2.20. The molecule has 5 heteroatoms. The Morgan fingerprint density at radius 3 is 2.41 bits per heavy atom. The van der Waals surface area contributed by atoms with Crippen molar-refractivity contribution < 1.29 is 9.52 Å². The number of benzene rings is 2. The molecule has 2 heterocycles. The summed E-state index contributed by atoms with van der Waals surface area (Å²) in [7, 11) is 2.13. The van der Waals surface area contributed by atoms with Crippen LogP contribution in [0.15, 0.2) is 45.6 Å². The van der Waals surface area contributed by atoms with Crippen LogP contribution in [0.2, 0.25) is 0 Å². The third-order valence-corrected chi connectivity index (χ3v) is 6.07. The van der Waals surface area contributed by atoms with Crippen LogP contribution >= 0.6 is 0 Å². The minimum Gasteiger partial charge on any atom is -0.507 e. The van der Waals surface area contributed by atoms with Crippen molar-refractivity contribution in [3.8, 4) is 5.75 Å². The number of hydrogen-bond acceptors (Lipinski definition) is 5. The third-order valence-electron chi connectivity index (χ3n) is 6.07. The molecule has 0 unspecified atom stereocenters. The van der Waals surface area contributed by atoms with E-state index in [0.29, 0.717) is 29.7 Å². The number of fused-ring (bicyclic) bond motifs is 1. The molecule has 2 aromatic carbocycles. The monoisotopic (exact) mass is 392 g/mol. The quantitative estimate of drug-likeness (QED) is 0.689. The second-order valence-electron chi connectivity index (χ2n) is 8.12. The van der Waals surface area contributed by atoms with Crippen molar-refractivity contribution in [3.05, 3.63) is 74.6 Å². The molecular weight excluding hydrogens is 364 g/mol. The molecule has 1 aromatic heterocycles. The molecule has 0 atom stereocenters. The number of piperazine rings is 1. The molecule has 0 spiro atoms. The van der Waals surface area contributed by atoms with Crippen LogP contribution in [-0.2, 0) is 13.0 Å². The first kappa shape index (κ1) is 19.7. The summed E-state index contributed by atoms with van der Waals surface area (Å²) in [5, 5.41) is 11.7. The Labute approximate surface area is 171 Å². The van der Waals surface area contributed by atoms with Crippen LogP contribution in [0.3, 0.4) is 0 Å². The average molecular weight is 392 g/mol. The van der Waals surface area contributed by atoms with Gasteiger partial charge in [-0.05, 0) is 38.1 Å². The molecule has 0 radical (unpaired) electrons. The highest BCUT2D eigenvalue weighted by molar-refractivity contribution is 5.86. The lowest BCUT2D eigenvalue weighted by atomic mass is 9.96. The van der Waals surface area contributed by atoms with E-state index in [-0.39, 0.29) is 11.4 Å². The van der Waals surface area contributed by atoms with Gasteiger partial charge in [0.15, 0.2) is 0 Å². The van der Waals surface area contributed by atoms with Crippen LogP contribution < -0.4 is 5.63 Å². The number of likely N-dealkylation sites (N-methyl/N-ethyl adjacent to an activating group) is 1. The van der Waals surface area contributed by atoms with Crippen LogP contribution in [0.4, 0.5) is 0 Å². The summed E-state index contributed by atoms with van der Waals surface area (Å²) in [4.78, 5) is 17.4. The smallest absolute Gasteiger partial charge is 0.340 e. The number of aromatic hydroxyl groups is 1. The molecule has 1 aliphatic rings. The van der Waals surface area contributed by atoms with Crippen LogP contribution in [0.1, 0.15) is 27.8 Å². The van der Waals surface area contributed by atoms with E-state index >= 15 is 0 Å². The van der Waals surface area contributed by atoms with Gasteiger partial charge in [-0.3, -0.25) is 4.90 Å². The van der Waals surface area contributed by atoms with E-state index in [2.05, 4.69) is 16.8 Å². The Hall–Kier alpha value is -2.63. The fourth-order valence-corrected chi connectivity index (χ4v) is 4.11. The first-order chi connectivity index (χ1) is 13.9. The van der Waals surface area contributed by atoms with E-state index in [0.717, 1.165) is 48.3 Å². The molecule has 152 valence electrons. The highest BCUT2D eigenvalue weighted by Crippen LogP contribution is 2.33. The average Bonchev–Trinajstić information content (AvgIpc) is 2.72. The molecule has 0 aliphatic carbocycles. The lowest BCUT2D eigenvalue weighted by Gasteiger charge is -2.32.